The number of aromatic nitrogens is 2. The van der Waals surface area contributed by atoms with Gasteiger partial charge in [-0.2, -0.15) is 18.3 Å². The fourth-order valence-electron chi connectivity index (χ4n) is 3.56. The van der Waals surface area contributed by atoms with Crippen molar-refractivity contribution >= 4 is 17.4 Å². The Balaban J connectivity index is 1.68. The molecule has 32 heavy (non-hydrogen) atoms. The number of halogens is 5. The Morgan fingerprint density at radius 3 is 2.53 bits per heavy atom. The predicted molar refractivity (Wildman–Crippen MR) is 106 cm³/mol. The van der Waals surface area contributed by atoms with Gasteiger partial charge in [-0.1, -0.05) is 12.1 Å². The summed E-state index contributed by atoms with van der Waals surface area (Å²) < 4.78 is 74.1. The van der Waals surface area contributed by atoms with Crippen molar-refractivity contribution in [2.45, 2.75) is 24.7 Å². The van der Waals surface area contributed by atoms with Crippen LogP contribution in [-0.2, 0) is 0 Å². The van der Waals surface area contributed by atoms with Gasteiger partial charge < -0.3 is 15.4 Å². The van der Waals surface area contributed by atoms with E-state index in [4.69, 9.17) is 4.74 Å². The fraction of sp³-hybridized carbons (Fsp3) is 0.238. The van der Waals surface area contributed by atoms with E-state index in [0.717, 1.165) is 18.3 Å². The summed E-state index contributed by atoms with van der Waals surface area (Å²) in [6, 6.07) is 6.30. The molecule has 1 aliphatic heterocycles. The monoisotopic (exact) mass is 452 g/mol. The normalized spacial score (nSPS) is 17.9. The molecule has 2 atom stereocenters. The molecule has 1 amide bonds. The van der Waals surface area contributed by atoms with E-state index in [1.807, 2.05) is 0 Å². The van der Waals surface area contributed by atoms with Crippen molar-refractivity contribution in [3.63, 3.8) is 0 Å². The summed E-state index contributed by atoms with van der Waals surface area (Å²) in [6.07, 6.45) is -3.99. The zero-order valence-corrected chi connectivity index (χ0v) is 16.6. The largest absolute Gasteiger partial charge is 0.497 e. The highest BCUT2D eigenvalue weighted by molar-refractivity contribution is 6.07. The molecule has 4 rings (SSSR count). The molecule has 2 N–H and O–H groups in total. The molecule has 0 aliphatic carbocycles. The van der Waals surface area contributed by atoms with Crippen molar-refractivity contribution in [1.82, 2.24) is 9.78 Å². The van der Waals surface area contributed by atoms with Gasteiger partial charge >= 0.3 is 6.18 Å². The number of rotatable bonds is 4. The average Bonchev–Trinajstić information content (AvgIpc) is 3.18. The Bertz CT molecular complexity index is 1140. The zero-order chi connectivity index (χ0) is 23.0. The van der Waals surface area contributed by atoms with Gasteiger partial charge in [-0.15, -0.1) is 0 Å². The smallest absolute Gasteiger partial charge is 0.410 e. The molecular formula is C21H17F5N4O2. The number of nitrogens with one attached hydrogen (secondary N) is 2. The zero-order valence-electron chi connectivity index (χ0n) is 16.6. The highest BCUT2D eigenvalue weighted by Crippen LogP contribution is 2.44. The molecule has 2 unspecified atom stereocenters. The molecule has 0 bridgehead atoms. The van der Waals surface area contributed by atoms with Crippen LogP contribution in [0.3, 0.4) is 0 Å². The van der Waals surface area contributed by atoms with Crippen LogP contribution >= 0.6 is 0 Å². The Kier molecular flexibility index (Phi) is 5.49. The molecule has 0 spiro atoms. The number of benzene rings is 2. The van der Waals surface area contributed by atoms with Crippen molar-refractivity contribution in [3.05, 3.63) is 71.4 Å². The Hall–Kier alpha value is -3.63. The second kappa shape index (κ2) is 8.13. The lowest BCUT2D eigenvalue weighted by atomic mass is 9.96. The lowest BCUT2D eigenvalue weighted by Gasteiger charge is -2.34. The topological polar surface area (TPSA) is 68.2 Å². The quantitative estimate of drug-likeness (QED) is 0.542. The lowest BCUT2D eigenvalue weighted by Crippen LogP contribution is -2.36. The first kappa shape index (κ1) is 21.6. The first-order chi connectivity index (χ1) is 15.2. The molecule has 11 heteroatoms. The summed E-state index contributed by atoms with van der Waals surface area (Å²) in [5.41, 5.74) is 0.0378. The number of fused-ring (bicyclic) bond motifs is 1. The number of nitrogens with zero attached hydrogens (tertiary/aromatic N) is 2. The van der Waals surface area contributed by atoms with Crippen molar-refractivity contribution in [2.75, 3.05) is 17.7 Å². The Labute approximate surface area is 179 Å². The minimum absolute atomic E-state index is 0.153. The van der Waals surface area contributed by atoms with Crippen molar-refractivity contribution in [1.29, 1.82) is 0 Å². The standard InChI is InChI=1S/C21H17F5N4O2/c1-32-13-5-2-11(3-6-13)17-9-18(21(24,25)26)30-19(28-17)14(10-27-30)20(31)29-16-7-4-12(22)8-15(16)23/h2-8,10,17-18,28H,9H2,1H3,(H,29,31). The molecule has 168 valence electrons. The number of methoxy groups -OCH3 is 1. The summed E-state index contributed by atoms with van der Waals surface area (Å²) in [6.45, 7) is 0. The number of anilines is 2. The minimum Gasteiger partial charge on any atom is -0.497 e. The molecule has 1 aliphatic rings. The fourth-order valence-corrected chi connectivity index (χ4v) is 3.56. The third-order valence-electron chi connectivity index (χ3n) is 5.18. The van der Waals surface area contributed by atoms with Gasteiger partial charge in [0.05, 0.1) is 25.0 Å². The second-order valence-electron chi connectivity index (χ2n) is 7.19. The molecule has 0 fully saturated rings. The van der Waals surface area contributed by atoms with Gasteiger partial charge in [-0.05, 0) is 29.8 Å². The molecule has 2 aromatic carbocycles. The summed E-state index contributed by atoms with van der Waals surface area (Å²) >= 11 is 0. The number of ether oxygens (including phenoxy) is 1. The first-order valence-electron chi connectivity index (χ1n) is 9.48. The summed E-state index contributed by atoms with van der Waals surface area (Å²) in [5.74, 6) is -2.35. The number of hydrogen-bond donors (Lipinski definition) is 2. The van der Waals surface area contributed by atoms with E-state index in [1.165, 1.54) is 7.11 Å². The van der Waals surface area contributed by atoms with Crippen molar-refractivity contribution in [2.24, 2.45) is 0 Å². The van der Waals surface area contributed by atoms with Gasteiger partial charge in [0.2, 0.25) is 0 Å². The SMILES string of the molecule is COc1ccc(C2CC(C(F)(F)F)n3ncc(C(=O)Nc4ccc(F)cc4F)c3N2)cc1. The van der Waals surface area contributed by atoms with Crippen molar-refractivity contribution < 1.29 is 31.5 Å². The molecule has 2 heterocycles. The van der Waals surface area contributed by atoms with Gasteiger partial charge in [0.25, 0.3) is 5.91 Å². The number of hydrogen-bond acceptors (Lipinski definition) is 4. The molecule has 0 saturated carbocycles. The van der Waals surface area contributed by atoms with Crippen LogP contribution in [0.25, 0.3) is 0 Å². The molecular weight excluding hydrogens is 435 g/mol. The highest BCUT2D eigenvalue weighted by atomic mass is 19.4. The van der Waals surface area contributed by atoms with Gasteiger partial charge in [0.15, 0.2) is 6.04 Å². The minimum atomic E-state index is -4.62. The summed E-state index contributed by atoms with van der Waals surface area (Å²) in [7, 11) is 1.47. The highest BCUT2D eigenvalue weighted by Gasteiger charge is 2.47. The van der Waals surface area contributed by atoms with E-state index in [1.54, 1.807) is 24.3 Å². The lowest BCUT2D eigenvalue weighted by molar-refractivity contribution is -0.173. The molecule has 6 nitrogen and oxygen atoms in total. The average molecular weight is 452 g/mol. The van der Waals surface area contributed by atoms with E-state index in [2.05, 4.69) is 15.7 Å². The second-order valence-corrected chi connectivity index (χ2v) is 7.19. The third-order valence-corrected chi connectivity index (χ3v) is 5.18. The van der Waals surface area contributed by atoms with Crippen LogP contribution < -0.4 is 15.4 Å². The number of alkyl halides is 3. The maximum Gasteiger partial charge on any atom is 0.410 e. The van der Waals surface area contributed by atoms with Crippen LogP contribution in [0, 0.1) is 11.6 Å². The van der Waals surface area contributed by atoms with Gasteiger partial charge in [0, 0.05) is 12.5 Å². The van der Waals surface area contributed by atoms with E-state index in [9.17, 15) is 26.7 Å². The van der Waals surface area contributed by atoms with Gasteiger partial charge in [-0.25, -0.2) is 13.5 Å². The Morgan fingerprint density at radius 1 is 1.19 bits per heavy atom. The number of carbonyl (C=O) groups is 1. The van der Waals surface area contributed by atoms with E-state index in [-0.39, 0.29) is 23.5 Å². The first-order valence-corrected chi connectivity index (χ1v) is 9.48. The summed E-state index contributed by atoms with van der Waals surface area (Å²) in [5, 5.41) is 8.94. The predicted octanol–water partition coefficient (Wildman–Crippen LogP) is 5.08. The van der Waals surface area contributed by atoms with Crippen molar-refractivity contribution in [3.8, 4) is 5.75 Å². The number of amides is 1. The van der Waals surface area contributed by atoms with Crippen LogP contribution in [0.2, 0.25) is 0 Å². The molecule has 0 radical (unpaired) electrons. The van der Waals surface area contributed by atoms with Crippen LogP contribution in [0.4, 0.5) is 33.5 Å². The third kappa shape index (κ3) is 4.10. The van der Waals surface area contributed by atoms with E-state index in [0.29, 0.717) is 22.1 Å². The maximum atomic E-state index is 13.9. The molecule has 3 aromatic rings. The summed E-state index contributed by atoms with van der Waals surface area (Å²) in [4.78, 5) is 12.7. The van der Waals surface area contributed by atoms with E-state index < -0.39 is 35.8 Å². The van der Waals surface area contributed by atoms with Gasteiger partial charge in [-0.3, -0.25) is 4.79 Å². The van der Waals surface area contributed by atoms with Crippen LogP contribution in [-0.4, -0.2) is 29.0 Å². The molecule has 1 aromatic heterocycles. The van der Waals surface area contributed by atoms with E-state index >= 15 is 0 Å². The van der Waals surface area contributed by atoms with Crippen LogP contribution in [0.1, 0.15) is 34.4 Å². The number of carbonyl (C=O) groups excluding carboxylic acids is 1. The molecule has 0 saturated heterocycles. The maximum absolute atomic E-state index is 13.9. The Morgan fingerprint density at radius 2 is 1.91 bits per heavy atom. The van der Waals surface area contributed by atoms with Crippen LogP contribution in [0.15, 0.2) is 48.7 Å². The van der Waals surface area contributed by atoms with Crippen LogP contribution in [0.5, 0.6) is 5.75 Å². The van der Waals surface area contributed by atoms with Gasteiger partial charge in [0.1, 0.15) is 28.8 Å².